The Bertz CT molecular complexity index is 830. The number of hydrogen-bond donors (Lipinski definition) is 3. The standard InChI is InChI=1S/C24H34O6/c1-12(2)14-11-24-9-6-15-22(3,7-5-8-23(15,4)21(29)30)16(24)10-13(14)17(19(25)26)18(24)20(27)28/h11-13,15-18H,5-10H2,1-4H3,(H,25,26)(H,27,28)(H,29,30). The van der Waals surface area contributed by atoms with Crippen LogP contribution in [0.3, 0.4) is 0 Å². The second kappa shape index (κ2) is 6.57. The van der Waals surface area contributed by atoms with Gasteiger partial charge in [0.05, 0.1) is 17.3 Å². The van der Waals surface area contributed by atoms with Gasteiger partial charge in [0.15, 0.2) is 0 Å². The summed E-state index contributed by atoms with van der Waals surface area (Å²) in [7, 11) is 0. The predicted molar refractivity (Wildman–Crippen MR) is 110 cm³/mol. The molecule has 5 aliphatic carbocycles. The minimum atomic E-state index is -1.02. The van der Waals surface area contributed by atoms with Crippen molar-refractivity contribution in [3.05, 3.63) is 11.6 Å². The SMILES string of the molecule is CC(C)C1=CC23CCC4C(C)(C(=O)O)CCCC4(C)C2CC1C(C(=O)O)C3C(=O)O. The lowest BCUT2D eigenvalue weighted by atomic mass is 9.34. The summed E-state index contributed by atoms with van der Waals surface area (Å²) in [5.74, 6) is -4.76. The van der Waals surface area contributed by atoms with E-state index in [1.54, 1.807) is 0 Å². The van der Waals surface area contributed by atoms with Gasteiger partial charge in [-0.25, -0.2) is 0 Å². The lowest BCUT2D eigenvalue weighted by Gasteiger charge is -2.68. The lowest BCUT2D eigenvalue weighted by molar-refractivity contribution is -0.207. The van der Waals surface area contributed by atoms with Crippen LogP contribution in [0.1, 0.15) is 66.2 Å². The van der Waals surface area contributed by atoms with Crippen molar-refractivity contribution in [1.29, 1.82) is 0 Å². The van der Waals surface area contributed by atoms with Crippen molar-refractivity contribution in [2.75, 3.05) is 0 Å². The van der Waals surface area contributed by atoms with Gasteiger partial charge in [-0.3, -0.25) is 14.4 Å². The lowest BCUT2D eigenvalue weighted by Crippen LogP contribution is -2.66. The summed E-state index contributed by atoms with van der Waals surface area (Å²) in [5.41, 5.74) is -0.709. The highest BCUT2D eigenvalue weighted by molar-refractivity contribution is 5.83. The van der Waals surface area contributed by atoms with Crippen LogP contribution >= 0.6 is 0 Å². The molecule has 3 N–H and O–H groups in total. The molecule has 0 aromatic carbocycles. The number of carboxylic acid groups (broad SMARTS) is 3. The van der Waals surface area contributed by atoms with Crippen molar-refractivity contribution in [2.45, 2.75) is 66.2 Å². The number of aliphatic carboxylic acids is 3. The summed E-state index contributed by atoms with van der Waals surface area (Å²) in [6, 6.07) is 0. The fourth-order valence-corrected chi connectivity index (χ4v) is 8.56. The van der Waals surface area contributed by atoms with Crippen molar-refractivity contribution in [3.8, 4) is 0 Å². The Morgan fingerprint density at radius 1 is 1.00 bits per heavy atom. The fraction of sp³-hybridized carbons (Fsp3) is 0.792. The third-order valence-electron chi connectivity index (χ3n) is 9.72. The van der Waals surface area contributed by atoms with E-state index in [1.807, 2.05) is 6.92 Å². The van der Waals surface area contributed by atoms with Crippen molar-refractivity contribution in [2.24, 2.45) is 51.8 Å². The van der Waals surface area contributed by atoms with E-state index in [0.717, 1.165) is 18.4 Å². The molecule has 1 spiro atoms. The van der Waals surface area contributed by atoms with E-state index in [9.17, 15) is 29.7 Å². The number of fused-ring (bicyclic) bond motifs is 2. The van der Waals surface area contributed by atoms with Crippen LogP contribution in [-0.4, -0.2) is 33.2 Å². The third kappa shape index (κ3) is 2.51. The molecule has 166 valence electrons. The largest absolute Gasteiger partial charge is 0.481 e. The zero-order chi connectivity index (χ0) is 22.2. The molecule has 30 heavy (non-hydrogen) atoms. The van der Waals surface area contributed by atoms with Crippen molar-refractivity contribution in [3.63, 3.8) is 0 Å². The van der Waals surface area contributed by atoms with Crippen LogP contribution in [0.5, 0.6) is 0 Å². The van der Waals surface area contributed by atoms with Crippen molar-refractivity contribution < 1.29 is 29.7 Å². The molecule has 2 bridgehead atoms. The molecule has 8 unspecified atom stereocenters. The Morgan fingerprint density at radius 3 is 2.20 bits per heavy atom. The van der Waals surface area contributed by atoms with Gasteiger partial charge < -0.3 is 15.3 Å². The van der Waals surface area contributed by atoms with Gasteiger partial charge in [0.1, 0.15) is 0 Å². The van der Waals surface area contributed by atoms with Crippen LogP contribution in [0.2, 0.25) is 0 Å². The molecule has 0 amide bonds. The minimum absolute atomic E-state index is 0.00641. The first-order chi connectivity index (χ1) is 13.9. The maximum atomic E-state index is 12.5. The van der Waals surface area contributed by atoms with E-state index in [-0.39, 0.29) is 29.1 Å². The van der Waals surface area contributed by atoms with Gasteiger partial charge >= 0.3 is 17.9 Å². The average Bonchev–Trinajstić information content (AvgIpc) is 2.65. The number of rotatable bonds is 4. The highest BCUT2D eigenvalue weighted by Gasteiger charge is 2.71. The van der Waals surface area contributed by atoms with Gasteiger partial charge in [-0.2, -0.15) is 0 Å². The molecular formula is C24H34O6. The topological polar surface area (TPSA) is 112 Å². The summed E-state index contributed by atoms with van der Waals surface area (Å²) in [5, 5.41) is 30.3. The molecule has 3 saturated carbocycles. The highest BCUT2D eigenvalue weighted by Crippen LogP contribution is 2.73. The normalized spacial score (nSPS) is 47.2. The Labute approximate surface area is 177 Å². The van der Waals surface area contributed by atoms with Gasteiger partial charge in [-0.1, -0.05) is 38.8 Å². The number of carboxylic acids is 3. The molecule has 0 aliphatic heterocycles. The zero-order valence-corrected chi connectivity index (χ0v) is 18.4. The van der Waals surface area contributed by atoms with Gasteiger partial charge in [-0.15, -0.1) is 0 Å². The predicted octanol–water partition coefficient (Wildman–Crippen LogP) is 4.30. The fourth-order valence-electron chi connectivity index (χ4n) is 8.56. The van der Waals surface area contributed by atoms with Crippen molar-refractivity contribution >= 4 is 17.9 Å². The van der Waals surface area contributed by atoms with Crippen LogP contribution in [0, 0.1) is 51.8 Å². The Kier molecular flexibility index (Phi) is 4.68. The minimum Gasteiger partial charge on any atom is -0.481 e. The van der Waals surface area contributed by atoms with E-state index in [4.69, 9.17) is 0 Å². The molecule has 6 nitrogen and oxygen atoms in total. The van der Waals surface area contributed by atoms with Gasteiger partial charge in [0.2, 0.25) is 0 Å². The van der Waals surface area contributed by atoms with E-state index >= 15 is 0 Å². The number of carbonyl (C=O) groups is 3. The van der Waals surface area contributed by atoms with E-state index in [2.05, 4.69) is 26.8 Å². The molecular weight excluding hydrogens is 384 g/mol. The molecule has 0 aromatic rings. The van der Waals surface area contributed by atoms with Crippen LogP contribution in [0.25, 0.3) is 0 Å². The summed E-state index contributed by atoms with van der Waals surface area (Å²) in [6.45, 7) is 8.15. The van der Waals surface area contributed by atoms with E-state index in [0.29, 0.717) is 25.7 Å². The molecule has 0 radical (unpaired) electrons. The molecule has 5 rings (SSSR count). The molecule has 0 heterocycles. The second-order valence-corrected chi connectivity index (χ2v) is 11.2. The van der Waals surface area contributed by atoms with Crippen LogP contribution in [0.4, 0.5) is 0 Å². The summed E-state index contributed by atoms with van der Waals surface area (Å²) in [6.07, 6.45) is 6.36. The maximum Gasteiger partial charge on any atom is 0.309 e. The smallest absolute Gasteiger partial charge is 0.309 e. The summed E-state index contributed by atoms with van der Waals surface area (Å²) < 4.78 is 0. The monoisotopic (exact) mass is 418 g/mol. The number of hydrogen-bond acceptors (Lipinski definition) is 3. The Balaban J connectivity index is 1.89. The number of allylic oxidation sites excluding steroid dienone is 2. The summed E-state index contributed by atoms with van der Waals surface area (Å²) in [4.78, 5) is 37.0. The molecule has 6 heteroatoms. The molecule has 0 saturated heterocycles. The summed E-state index contributed by atoms with van der Waals surface area (Å²) >= 11 is 0. The van der Waals surface area contributed by atoms with Gasteiger partial charge in [0, 0.05) is 5.41 Å². The maximum absolute atomic E-state index is 12.5. The molecule has 5 aliphatic rings. The average molecular weight is 419 g/mol. The first-order valence-corrected chi connectivity index (χ1v) is 11.3. The molecule has 0 aromatic heterocycles. The quantitative estimate of drug-likeness (QED) is 0.587. The first kappa shape index (κ1) is 21.4. The van der Waals surface area contributed by atoms with Gasteiger partial charge in [-0.05, 0) is 68.1 Å². The van der Waals surface area contributed by atoms with Crippen LogP contribution in [-0.2, 0) is 14.4 Å². The van der Waals surface area contributed by atoms with Gasteiger partial charge in [0.25, 0.3) is 0 Å². The van der Waals surface area contributed by atoms with E-state index in [1.165, 1.54) is 0 Å². The highest BCUT2D eigenvalue weighted by atomic mass is 16.4. The Morgan fingerprint density at radius 2 is 1.67 bits per heavy atom. The molecule has 3 fully saturated rings. The van der Waals surface area contributed by atoms with Crippen molar-refractivity contribution in [1.82, 2.24) is 0 Å². The third-order valence-corrected chi connectivity index (χ3v) is 9.72. The zero-order valence-electron chi connectivity index (χ0n) is 18.4. The Hall–Kier alpha value is -1.85. The van der Waals surface area contributed by atoms with Crippen LogP contribution < -0.4 is 0 Å². The second-order valence-electron chi connectivity index (χ2n) is 11.2. The first-order valence-electron chi connectivity index (χ1n) is 11.3. The van der Waals surface area contributed by atoms with E-state index < -0.39 is 40.6 Å². The molecule has 8 atom stereocenters. The van der Waals surface area contributed by atoms with Crippen LogP contribution in [0.15, 0.2) is 11.6 Å².